The summed E-state index contributed by atoms with van der Waals surface area (Å²) >= 11 is 0. The molecular weight excluding hydrogens is 302 g/mol. The third-order valence-corrected chi connectivity index (χ3v) is 4.87. The van der Waals surface area contributed by atoms with Gasteiger partial charge in [0.15, 0.2) is 0 Å². The van der Waals surface area contributed by atoms with Gasteiger partial charge in [0.2, 0.25) is 5.91 Å². The maximum atomic E-state index is 12.5. The van der Waals surface area contributed by atoms with E-state index in [1.54, 1.807) is 0 Å². The van der Waals surface area contributed by atoms with Gasteiger partial charge in [-0.1, -0.05) is 35.9 Å². The van der Waals surface area contributed by atoms with E-state index in [1.165, 1.54) is 5.57 Å². The molecule has 0 unspecified atom stereocenters. The Labute approximate surface area is 143 Å². The van der Waals surface area contributed by atoms with E-state index < -0.39 is 0 Å². The Morgan fingerprint density at radius 1 is 1.17 bits per heavy atom. The summed E-state index contributed by atoms with van der Waals surface area (Å²) in [6.45, 7) is 5.98. The van der Waals surface area contributed by atoms with E-state index in [0.29, 0.717) is 19.6 Å². The maximum absolute atomic E-state index is 12.5. The molecule has 128 valence electrons. The molecule has 3 rings (SSSR count). The van der Waals surface area contributed by atoms with E-state index in [9.17, 15) is 9.59 Å². The summed E-state index contributed by atoms with van der Waals surface area (Å²) in [4.78, 5) is 26.2. The number of likely N-dealkylation sites (tertiary alicyclic amines) is 1. The highest BCUT2D eigenvalue weighted by Gasteiger charge is 2.40. The largest absolute Gasteiger partial charge is 0.352 e. The summed E-state index contributed by atoms with van der Waals surface area (Å²) in [5, 5.41) is 5.99. The summed E-state index contributed by atoms with van der Waals surface area (Å²) in [5.41, 5.74) is 3.47. The molecule has 2 aliphatic rings. The quantitative estimate of drug-likeness (QED) is 0.892. The number of hydrogen-bond donors (Lipinski definition) is 2. The minimum atomic E-state index is -0.0752. The van der Waals surface area contributed by atoms with Crippen LogP contribution < -0.4 is 10.6 Å². The second-order valence-corrected chi connectivity index (χ2v) is 6.50. The maximum Gasteiger partial charge on any atom is 0.317 e. The Hall–Kier alpha value is -2.30. The molecule has 24 heavy (non-hydrogen) atoms. The molecule has 3 amide bonds. The molecule has 0 aromatic heterocycles. The average Bonchev–Trinajstić information content (AvgIpc) is 3.28. The topological polar surface area (TPSA) is 61.4 Å². The molecule has 1 aromatic carbocycles. The van der Waals surface area contributed by atoms with Gasteiger partial charge in [-0.3, -0.25) is 4.79 Å². The molecule has 5 heteroatoms. The van der Waals surface area contributed by atoms with Gasteiger partial charge in [0.25, 0.3) is 0 Å². The summed E-state index contributed by atoms with van der Waals surface area (Å²) in [7, 11) is 0. The Morgan fingerprint density at radius 2 is 1.83 bits per heavy atom. The lowest BCUT2D eigenvalue weighted by atomic mass is 10.0. The van der Waals surface area contributed by atoms with E-state index in [4.69, 9.17) is 0 Å². The van der Waals surface area contributed by atoms with Crippen LogP contribution in [-0.4, -0.2) is 42.5 Å². The highest BCUT2D eigenvalue weighted by molar-refractivity contribution is 6.05. The lowest BCUT2D eigenvalue weighted by molar-refractivity contribution is -0.122. The second-order valence-electron chi connectivity index (χ2n) is 6.50. The van der Waals surface area contributed by atoms with Crippen molar-refractivity contribution in [3.63, 3.8) is 0 Å². The number of nitrogens with zero attached hydrogens (tertiary/aromatic N) is 1. The van der Waals surface area contributed by atoms with Crippen molar-refractivity contribution in [3.8, 4) is 0 Å². The molecular formula is C19H25N3O2. The Kier molecular flexibility index (Phi) is 4.88. The van der Waals surface area contributed by atoms with E-state index >= 15 is 0 Å². The first kappa shape index (κ1) is 16.6. The normalized spacial score (nSPS) is 20.8. The van der Waals surface area contributed by atoms with Crippen molar-refractivity contribution in [1.82, 2.24) is 15.5 Å². The molecule has 0 spiro atoms. The van der Waals surface area contributed by atoms with Crippen molar-refractivity contribution in [2.75, 3.05) is 19.6 Å². The van der Waals surface area contributed by atoms with Gasteiger partial charge in [0.1, 0.15) is 0 Å². The number of carbonyl (C=O) groups excluding carboxylic acids is 2. The number of piperidine rings is 1. The average molecular weight is 327 g/mol. The van der Waals surface area contributed by atoms with Crippen LogP contribution in [0, 0.1) is 5.92 Å². The fourth-order valence-electron chi connectivity index (χ4n) is 3.44. The SMILES string of the molecule is CCNC(=O)N1CCC(NC(=O)[C@@H]2C(C)=C2c2ccccc2)CC1. The van der Waals surface area contributed by atoms with Crippen molar-refractivity contribution >= 4 is 17.5 Å². The van der Waals surface area contributed by atoms with Crippen molar-refractivity contribution in [3.05, 3.63) is 41.5 Å². The highest BCUT2D eigenvalue weighted by atomic mass is 16.2. The fourth-order valence-corrected chi connectivity index (χ4v) is 3.44. The van der Waals surface area contributed by atoms with Gasteiger partial charge in [-0.15, -0.1) is 0 Å². The predicted molar refractivity (Wildman–Crippen MR) is 94.3 cm³/mol. The van der Waals surface area contributed by atoms with Gasteiger partial charge < -0.3 is 15.5 Å². The predicted octanol–water partition coefficient (Wildman–Crippen LogP) is 2.40. The zero-order valence-electron chi connectivity index (χ0n) is 14.3. The smallest absolute Gasteiger partial charge is 0.317 e. The fraction of sp³-hybridized carbons (Fsp3) is 0.474. The lowest BCUT2D eigenvalue weighted by Crippen LogP contribution is -2.49. The second kappa shape index (κ2) is 7.07. The van der Waals surface area contributed by atoms with Crippen LogP contribution in [0.4, 0.5) is 4.79 Å². The molecule has 2 N–H and O–H groups in total. The molecule has 1 aliphatic heterocycles. The van der Waals surface area contributed by atoms with E-state index in [-0.39, 0.29) is 23.9 Å². The van der Waals surface area contributed by atoms with Crippen molar-refractivity contribution < 1.29 is 9.59 Å². The minimum Gasteiger partial charge on any atom is -0.352 e. The van der Waals surface area contributed by atoms with E-state index in [2.05, 4.69) is 22.8 Å². The first-order valence-electron chi connectivity index (χ1n) is 8.71. The zero-order valence-corrected chi connectivity index (χ0v) is 14.3. The summed E-state index contributed by atoms with van der Waals surface area (Å²) in [6.07, 6.45) is 1.63. The van der Waals surface area contributed by atoms with Crippen LogP contribution in [-0.2, 0) is 4.79 Å². The van der Waals surface area contributed by atoms with Gasteiger partial charge in [0, 0.05) is 25.7 Å². The van der Waals surface area contributed by atoms with Crippen LogP contribution in [0.15, 0.2) is 35.9 Å². The minimum absolute atomic E-state index is 0.00616. The monoisotopic (exact) mass is 327 g/mol. The van der Waals surface area contributed by atoms with Gasteiger partial charge >= 0.3 is 6.03 Å². The molecule has 1 aliphatic carbocycles. The number of urea groups is 1. The van der Waals surface area contributed by atoms with Crippen molar-refractivity contribution in [1.29, 1.82) is 0 Å². The molecule has 1 aromatic rings. The Bertz CT molecular complexity index is 646. The third kappa shape index (κ3) is 3.45. The number of nitrogens with one attached hydrogen (secondary N) is 2. The number of hydrogen-bond acceptors (Lipinski definition) is 2. The number of carbonyl (C=O) groups is 2. The summed E-state index contributed by atoms with van der Waals surface area (Å²) in [5.74, 6) is 0.0247. The van der Waals surface area contributed by atoms with Crippen LogP contribution in [0.2, 0.25) is 0 Å². The first-order chi connectivity index (χ1) is 11.6. The van der Waals surface area contributed by atoms with Crippen LogP contribution in [0.5, 0.6) is 0 Å². The first-order valence-corrected chi connectivity index (χ1v) is 8.71. The molecule has 0 radical (unpaired) electrons. The van der Waals surface area contributed by atoms with E-state index in [1.807, 2.05) is 36.9 Å². The summed E-state index contributed by atoms with van der Waals surface area (Å²) in [6, 6.07) is 10.2. The molecule has 1 atom stereocenters. The standard InChI is InChI=1S/C19H25N3O2/c1-3-20-19(24)22-11-9-15(10-12-22)21-18(23)17-13(2)16(17)14-7-5-4-6-8-14/h4-8,15,17H,3,9-12H2,1-2H3,(H,20,24)(H,21,23)/t17-/m1/s1. The highest BCUT2D eigenvalue weighted by Crippen LogP contribution is 2.46. The molecule has 1 fully saturated rings. The lowest BCUT2D eigenvalue weighted by Gasteiger charge is -2.32. The molecule has 0 bridgehead atoms. The summed E-state index contributed by atoms with van der Waals surface area (Å²) < 4.78 is 0. The molecule has 1 saturated heterocycles. The molecule has 0 saturated carbocycles. The van der Waals surface area contributed by atoms with Crippen molar-refractivity contribution in [2.45, 2.75) is 32.7 Å². The van der Waals surface area contributed by atoms with Crippen LogP contribution in [0.25, 0.3) is 5.57 Å². The van der Waals surface area contributed by atoms with Crippen LogP contribution in [0.1, 0.15) is 32.3 Å². The number of rotatable bonds is 4. The number of amides is 3. The van der Waals surface area contributed by atoms with E-state index in [0.717, 1.165) is 24.0 Å². The molecule has 5 nitrogen and oxygen atoms in total. The van der Waals surface area contributed by atoms with Gasteiger partial charge in [-0.2, -0.15) is 0 Å². The Balaban J connectivity index is 1.48. The third-order valence-electron chi connectivity index (χ3n) is 4.87. The van der Waals surface area contributed by atoms with Gasteiger partial charge in [0.05, 0.1) is 5.92 Å². The van der Waals surface area contributed by atoms with Gasteiger partial charge in [-0.25, -0.2) is 4.79 Å². The van der Waals surface area contributed by atoms with Gasteiger partial charge in [-0.05, 0) is 37.8 Å². The van der Waals surface area contributed by atoms with Crippen LogP contribution >= 0.6 is 0 Å². The van der Waals surface area contributed by atoms with Crippen LogP contribution in [0.3, 0.4) is 0 Å². The number of benzene rings is 1. The zero-order chi connectivity index (χ0) is 17.1. The molecule has 1 heterocycles. The van der Waals surface area contributed by atoms with Crippen molar-refractivity contribution in [2.24, 2.45) is 5.92 Å². The Morgan fingerprint density at radius 3 is 2.46 bits per heavy atom.